The number of rotatable bonds is 0. The third-order valence-electron chi connectivity index (χ3n) is 1.69. The quantitative estimate of drug-likeness (QED) is 0.615. The second-order valence-corrected chi connectivity index (χ2v) is 2.96. The van der Waals surface area contributed by atoms with Crippen LogP contribution in [-0.4, -0.2) is 17.4 Å². The van der Waals surface area contributed by atoms with E-state index in [0.717, 1.165) is 0 Å². The maximum absolute atomic E-state index is 11.3. The Kier molecular flexibility index (Phi) is 1.73. The van der Waals surface area contributed by atoms with E-state index < -0.39 is 0 Å². The number of hydrogen-bond acceptors (Lipinski definition) is 3. The molecule has 0 aliphatic carbocycles. The van der Waals surface area contributed by atoms with E-state index in [4.69, 9.17) is 16.3 Å². The molecule has 0 fully saturated rings. The molecule has 0 spiro atoms. The van der Waals surface area contributed by atoms with Gasteiger partial charge in [-0.25, -0.2) is 4.98 Å². The van der Waals surface area contributed by atoms with Crippen LogP contribution in [0.1, 0.15) is 16.8 Å². The number of carbonyl (C=O) groups excluding carboxylic acids is 1. The van der Waals surface area contributed by atoms with E-state index in [1.807, 2.05) is 0 Å². The molecule has 1 aromatic heterocycles. The molecule has 4 heteroatoms. The van der Waals surface area contributed by atoms with E-state index >= 15 is 0 Å². The minimum Gasteiger partial charge on any atom is -0.477 e. The van der Waals surface area contributed by atoms with E-state index in [9.17, 15) is 4.79 Å². The molecule has 0 unspecified atom stereocenters. The standard InChI is InChI=1S/C8H6ClNO2/c9-5-3-6-7(11)1-2-12-8(6)10-4-5/h3-4H,1-2H2. The first-order valence-corrected chi connectivity index (χ1v) is 3.97. The highest BCUT2D eigenvalue weighted by Crippen LogP contribution is 2.24. The molecule has 12 heavy (non-hydrogen) atoms. The number of carbonyl (C=O) groups is 1. The lowest BCUT2D eigenvalue weighted by atomic mass is 10.1. The molecular weight excluding hydrogens is 178 g/mol. The van der Waals surface area contributed by atoms with Crippen LogP contribution < -0.4 is 4.74 Å². The molecule has 0 aromatic carbocycles. The number of nitrogens with zero attached hydrogens (tertiary/aromatic N) is 1. The van der Waals surface area contributed by atoms with Crippen LogP contribution in [0.2, 0.25) is 5.02 Å². The van der Waals surface area contributed by atoms with Crippen molar-refractivity contribution in [3.63, 3.8) is 0 Å². The van der Waals surface area contributed by atoms with Gasteiger partial charge >= 0.3 is 0 Å². The molecule has 0 bridgehead atoms. The number of Topliss-reactive ketones (excluding diaryl/α,β-unsaturated/α-hetero) is 1. The summed E-state index contributed by atoms with van der Waals surface area (Å²) in [6, 6.07) is 1.59. The van der Waals surface area contributed by atoms with Gasteiger partial charge in [-0.15, -0.1) is 0 Å². The Balaban J connectivity index is 2.54. The van der Waals surface area contributed by atoms with E-state index in [-0.39, 0.29) is 5.78 Å². The molecule has 0 saturated carbocycles. The number of hydrogen-bond donors (Lipinski definition) is 0. The maximum atomic E-state index is 11.3. The zero-order valence-electron chi connectivity index (χ0n) is 6.21. The minimum atomic E-state index is 0.0475. The molecule has 3 nitrogen and oxygen atoms in total. The Morgan fingerprint density at radius 2 is 2.42 bits per heavy atom. The van der Waals surface area contributed by atoms with Crippen molar-refractivity contribution in [2.75, 3.05) is 6.61 Å². The van der Waals surface area contributed by atoms with Crippen molar-refractivity contribution in [2.45, 2.75) is 6.42 Å². The molecule has 0 N–H and O–H groups in total. The van der Waals surface area contributed by atoms with E-state index in [1.54, 1.807) is 6.07 Å². The Morgan fingerprint density at radius 1 is 1.58 bits per heavy atom. The predicted molar refractivity (Wildman–Crippen MR) is 43.7 cm³/mol. The summed E-state index contributed by atoms with van der Waals surface area (Å²) in [6.07, 6.45) is 1.88. The van der Waals surface area contributed by atoms with Gasteiger partial charge in [-0.3, -0.25) is 4.79 Å². The minimum absolute atomic E-state index is 0.0475. The third-order valence-corrected chi connectivity index (χ3v) is 1.89. The lowest BCUT2D eigenvalue weighted by Gasteiger charge is -2.14. The molecule has 62 valence electrons. The van der Waals surface area contributed by atoms with Gasteiger partial charge in [-0.05, 0) is 6.07 Å². The molecule has 0 atom stereocenters. The molecule has 1 aliphatic rings. The van der Waals surface area contributed by atoms with Crippen LogP contribution in [0.3, 0.4) is 0 Å². The summed E-state index contributed by atoms with van der Waals surface area (Å²) >= 11 is 5.67. The van der Waals surface area contributed by atoms with Crippen molar-refractivity contribution in [1.82, 2.24) is 4.98 Å². The molecule has 1 aromatic rings. The van der Waals surface area contributed by atoms with Crippen LogP contribution in [0, 0.1) is 0 Å². The zero-order chi connectivity index (χ0) is 8.55. The maximum Gasteiger partial charge on any atom is 0.224 e. The highest BCUT2D eigenvalue weighted by molar-refractivity contribution is 6.30. The normalized spacial score (nSPS) is 15.2. The second-order valence-electron chi connectivity index (χ2n) is 2.53. The average Bonchev–Trinajstić information content (AvgIpc) is 2.07. The summed E-state index contributed by atoms with van der Waals surface area (Å²) in [6.45, 7) is 0.417. The smallest absolute Gasteiger partial charge is 0.224 e. The lowest BCUT2D eigenvalue weighted by molar-refractivity contribution is 0.0929. The molecule has 2 rings (SSSR count). The molecule has 0 saturated heterocycles. The Hall–Kier alpha value is -1.09. The number of aromatic nitrogens is 1. The number of halogens is 1. The zero-order valence-corrected chi connectivity index (χ0v) is 6.97. The fraction of sp³-hybridized carbons (Fsp3) is 0.250. The van der Waals surface area contributed by atoms with Gasteiger partial charge in [0.05, 0.1) is 17.2 Å². The summed E-state index contributed by atoms with van der Waals surface area (Å²) in [7, 11) is 0. The Morgan fingerprint density at radius 3 is 3.25 bits per heavy atom. The first kappa shape index (κ1) is 7.55. The van der Waals surface area contributed by atoms with Gasteiger partial charge in [0.2, 0.25) is 5.88 Å². The van der Waals surface area contributed by atoms with Gasteiger partial charge in [0.25, 0.3) is 0 Å². The van der Waals surface area contributed by atoms with Crippen molar-refractivity contribution in [1.29, 1.82) is 0 Å². The molecular formula is C8H6ClNO2. The third kappa shape index (κ3) is 1.16. The number of pyridine rings is 1. The summed E-state index contributed by atoms with van der Waals surface area (Å²) < 4.78 is 5.16. The van der Waals surface area contributed by atoms with E-state index in [2.05, 4.69) is 4.98 Å². The summed E-state index contributed by atoms with van der Waals surface area (Å²) in [5.74, 6) is 0.446. The number of ether oxygens (including phenoxy) is 1. The molecule has 0 radical (unpaired) electrons. The average molecular weight is 184 g/mol. The summed E-state index contributed by atoms with van der Waals surface area (Å²) in [4.78, 5) is 15.2. The number of ketones is 1. The lowest BCUT2D eigenvalue weighted by Crippen LogP contribution is -2.16. The van der Waals surface area contributed by atoms with Gasteiger partial charge < -0.3 is 4.74 Å². The first-order valence-electron chi connectivity index (χ1n) is 3.59. The Bertz CT molecular complexity index is 338. The molecule has 0 amide bonds. The summed E-state index contributed by atoms with van der Waals surface area (Å²) in [5, 5.41) is 0.465. The van der Waals surface area contributed by atoms with E-state index in [0.29, 0.717) is 29.5 Å². The van der Waals surface area contributed by atoms with Crippen molar-refractivity contribution >= 4 is 17.4 Å². The molecule has 2 heterocycles. The topological polar surface area (TPSA) is 39.2 Å². The SMILES string of the molecule is O=C1CCOc2ncc(Cl)cc21. The van der Waals surface area contributed by atoms with Crippen LogP contribution >= 0.6 is 11.6 Å². The highest BCUT2D eigenvalue weighted by atomic mass is 35.5. The van der Waals surface area contributed by atoms with Crippen molar-refractivity contribution in [3.8, 4) is 5.88 Å². The fourth-order valence-electron chi connectivity index (χ4n) is 1.12. The van der Waals surface area contributed by atoms with Crippen molar-refractivity contribution in [3.05, 3.63) is 22.8 Å². The van der Waals surface area contributed by atoms with Gasteiger partial charge in [0, 0.05) is 12.6 Å². The van der Waals surface area contributed by atoms with Crippen molar-refractivity contribution < 1.29 is 9.53 Å². The van der Waals surface area contributed by atoms with Gasteiger partial charge in [-0.1, -0.05) is 11.6 Å². The highest BCUT2D eigenvalue weighted by Gasteiger charge is 2.19. The van der Waals surface area contributed by atoms with E-state index in [1.165, 1.54) is 6.20 Å². The van der Waals surface area contributed by atoms with Gasteiger partial charge in [0.1, 0.15) is 0 Å². The van der Waals surface area contributed by atoms with Crippen LogP contribution in [-0.2, 0) is 0 Å². The monoisotopic (exact) mass is 183 g/mol. The van der Waals surface area contributed by atoms with Crippen LogP contribution in [0.4, 0.5) is 0 Å². The largest absolute Gasteiger partial charge is 0.477 e. The molecule has 1 aliphatic heterocycles. The van der Waals surface area contributed by atoms with Gasteiger partial charge in [0.15, 0.2) is 5.78 Å². The Labute approximate surface area is 74.3 Å². The van der Waals surface area contributed by atoms with Crippen LogP contribution in [0.15, 0.2) is 12.3 Å². The second kappa shape index (κ2) is 2.75. The van der Waals surface area contributed by atoms with Crippen LogP contribution in [0.5, 0.6) is 5.88 Å². The van der Waals surface area contributed by atoms with Gasteiger partial charge in [-0.2, -0.15) is 0 Å². The number of fused-ring (bicyclic) bond motifs is 1. The summed E-state index contributed by atoms with van der Waals surface area (Å²) in [5.41, 5.74) is 0.494. The predicted octanol–water partition coefficient (Wildman–Crippen LogP) is 1.70. The van der Waals surface area contributed by atoms with Crippen LogP contribution in [0.25, 0.3) is 0 Å². The van der Waals surface area contributed by atoms with Crippen molar-refractivity contribution in [2.24, 2.45) is 0 Å². The fourth-order valence-corrected chi connectivity index (χ4v) is 1.27. The first-order chi connectivity index (χ1) is 5.77.